The fourth-order valence-electron chi connectivity index (χ4n) is 1.75. The van der Waals surface area contributed by atoms with E-state index in [2.05, 4.69) is 0 Å². The van der Waals surface area contributed by atoms with E-state index < -0.39 is 0 Å². The predicted octanol–water partition coefficient (Wildman–Crippen LogP) is 1.26. The maximum absolute atomic E-state index is 12.0. The van der Waals surface area contributed by atoms with Crippen LogP contribution in [0.3, 0.4) is 0 Å². The van der Waals surface area contributed by atoms with Crippen LogP contribution in [0.25, 0.3) is 0 Å². The van der Waals surface area contributed by atoms with Gasteiger partial charge in [0.2, 0.25) is 5.91 Å². The highest BCUT2D eigenvalue weighted by molar-refractivity contribution is 5.82. The van der Waals surface area contributed by atoms with Crippen molar-refractivity contribution >= 4 is 5.91 Å². The maximum atomic E-state index is 12.0. The van der Waals surface area contributed by atoms with Gasteiger partial charge in [0.05, 0.1) is 0 Å². The minimum Gasteiger partial charge on any atom is -0.396 e. The standard InChI is InChI=1S/C11H21NO2/c1-4-11(2,3)10(14)12-6-5-9(7-12)8-13/h9,13H,4-8H2,1-3H3. The molecule has 0 bridgehead atoms. The number of aliphatic hydroxyl groups is 1. The van der Waals surface area contributed by atoms with Gasteiger partial charge in [-0.05, 0) is 12.8 Å². The molecule has 1 amide bonds. The van der Waals surface area contributed by atoms with Gasteiger partial charge in [0.1, 0.15) is 0 Å². The predicted molar refractivity (Wildman–Crippen MR) is 55.8 cm³/mol. The molecule has 1 fully saturated rings. The quantitative estimate of drug-likeness (QED) is 0.743. The third kappa shape index (κ3) is 2.27. The van der Waals surface area contributed by atoms with E-state index >= 15 is 0 Å². The van der Waals surface area contributed by atoms with E-state index in [0.717, 1.165) is 25.9 Å². The Kier molecular flexibility index (Phi) is 3.53. The monoisotopic (exact) mass is 199 g/mol. The second kappa shape index (κ2) is 4.30. The summed E-state index contributed by atoms with van der Waals surface area (Å²) < 4.78 is 0. The molecular formula is C11H21NO2. The molecule has 1 saturated heterocycles. The summed E-state index contributed by atoms with van der Waals surface area (Å²) in [6.07, 6.45) is 1.81. The molecule has 3 nitrogen and oxygen atoms in total. The Morgan fingerprint density at radius 2 is 2.21 bits per heavy atom. The Bertz CT molecular complexity index is 213. The SMILES string of the molecule is CCC(C)(C)C(=O)N1CCC(CO)C1. The number of amides is 1. The summed E-state index contributed by atoms with van der Waals surface area (Å²) >= 11 is 0. The minimum atomic E-state index is -0.246. The first kappa shape index (κ1) is 11.5. The van der Waals surface area contributed by atoms with Crippen molar-refractivity contribution in [1.82, 2.24) is 4.90 Å². The molecule has 0 aromatic heterocycles. The van der Waals surface area contributed by atoms with E-state index in [-0.39, 0.29) is 17.9 Å². The van der Waals surface area contributed by atoms with Gasteiger partial charge >= 0.3 is 0 Å². The van der Waals surface area contributed by atoms with Crippen LogP contribution in [0, 0.1) is 11.3 Å². The molecule has 82 valence electrons. The Hall–Kier alpha value is -0.570. The first-order valence-electron chi connectivity index (χ1n) is 5.41. The molecule has 1 aliphatic rings. The van der Waals surface area contributed by atoms with Crippen LogP contribution in [-0.4, -0.2) is 35.6 Å². The van der Waals surface area contributed by atoms with Gasteiger partial charge in [-0.3, -0.25) is 4.79 Å². The van der Waals surface area contributed by atoms with E-state index in [1.807, 2.05) is 25.7 Å². The van der Waals surface area contributed by atoms with Gasteiger partial charge in [0.15, 0.2) is 0 Å². The molecule has 1 N–H and O–H groups in total. The number of carbonyl (C=O) groups is 1. The van der Waals surface area contributed by atoms with E-state index in [1.54, 1.807) is 0 Å². The van der Waals surface area contributed by atoms with Crippen molar-refractivity contribution in [2.45, 2.75) is 33.6 Å². The highest BCUT2D eigenvalue weighted by Gasteiger charge is 2.34. The molecule has 0 saturated carbocycles. The molecule has 0 radical (unpaired) electrons. The van der Waals surface area contributed by atoms with Gasteiger partial charge in [0, 0.05) is 31.0 Å². The molecule has 3 heteroatoms. The van der Waals surface area contributed by atoms with Gasteiger partial charge in [-0.25, -0.2) is 0 Å². The molecule has 1 aliphatic heterocycles. The molecule has 1 heterocycles. The molecule has 0 aromatic carbocycles. The number of aliphatic hydroxyl groups excluding tert-OH is 1. The maximum Gasteiger partial charge on any atom is 0.228 e. The van der Waals surface area contributed by atoms with Crippen LogP contribution in [-0.2, 0) is 4.79 Å². The molecular weight excluding hydrogens is 178 g/mol. The topological polar surface area (TPSA) is 40.5 Å². The largest absolute Gasteiger partial charge is 0.396 e. The molecule has 1 rings (SSSR count). The van der Waals surface area contributed by atoms with Gasteiger partial charge < -0.3 is 10.0 Å². The number of carbonyl (C=O) groups excluding carboxylic acids is 1. The van der Waals surface area contributed by atoms with Crippen LogP contribution in [0.5, 0.6) is 0 Å². The zero-order valence-corrected chi connectivity index (χ0v) is 9.42. The summed E-state index contributed by atoms with van der Waals surface area (Å²) in [5, 5.41) is 8.99. The number of hydrogen-bond acceptors (Lipinski definition) is 2. The minimum absolute atomic E-state index is 0.205. The van der Waals surface area contributed by atoms with Crippen molar-refractivity contribution in [3.8, 4) is 0 Å². The molecule has 1 unspecified atom stereocenters. The Labute approximate surface area is 86.1 Å². The zero-order chi connectivity index (χ0) is 10.8. The van der Waals surface area contributed by atoms with Crippen LogP contribution >= 0.6 is 0 Å². The number of hydrogen-bond donors (Lipinski definition) is 1. The van der Waals surface area contributed by atoms with E-state index in [9.17, 15) is 4.79 Å². The smallest absolute Gasteiger partial charge is 0.228 e. The molecule has 1 atom stereocenters. The lowest BCUT2D eigenvalue weighted by molar-refractivity contribution is -0.139. The first-order chi connectivity index (χ1) is 6.51. The van der Waals surface area contributed by atoms with Crippen molar-refractivity contribution in [2.75, 3.05) is 19.7 Å². The van der Waals surface area contributed by atoms with E-state index in [0.29, 0.717) is 5.92 Å². The normalized spacial score (nSPS) is 22.9. The summed E-state index contributed by atoms with van der Waals surface area (Å²) in [6.45, 7) is 7.77. The van der Waals surface area contributed by atoms with Crippen LogP contribution in [0.4, 0.5) is 0 Å². The highest BCUT2D eigenvalue weighted by Crippen LogP contribution is 2.26. The summed E-state index contributed by atoms with van der Waals surface area (Å²) in [4.78, 5) is 13.9. The summed E-state index contributed by atoms with van der Waals surface area (Å²) in [7, 11) is 0. The number of likely N-dealkylation sites (tertiary alicyclic amines) is 1. The molecule has 0 aliphatic carbocycles. The second-order valence-electron chi connectivity index (χ2n) is 4.83. The number of rotatable bonds is 3. The second-order valence-corrected chi connectivity index (χ2v) is 4.83. The molecule has 14 heavy (non-hydrogen) atoms. The van der Waals surface area contributed by atoms with E-state index in [4.69, 9.17) is 5.11 Å². The average molecular weight is 199 g/mol. The summed E-state index contributed by atoms with van der Waals surface area (Å²) in [5.74, 6) is 0.530. The summed E-state index contributed by atoms with van der Waals surface area (Å²) in [6, 6.07) is 0. The van der Waals surface area contributed by atoms with Crippen molar-refractivity contribution in [3.63, 3.8) is 0 Å². The lowest BCUT2D eigenvalue weighted by atomic mass is 9.88. The third-order valence-electron chi connectivity index (χ3n) is 3.29. The van der Waals surface area contributed by atoms with Crippen LogP contribution in [0.15, 0.2) is 0 Å². The van der Waals surface area contributed by atoms with E-state index in [1.165, 1.54) is 0 Å². The zero-order valence-electron chi connectivity index (χ0n) is 9.42. The van der Waals surface area contributed by atoms with Crippen molar-refractivity contribution in [2.24, 2.45) is 11.3 Å². The van der Waals surface area contributed by atoms with Crippen LogP contribution in [0.1, 0.15) is 33.6 Å². The number of nitrogens with zero attached hydrogens (tertiary/aromatic N) is 1. The fourth-order valence-corrected chi connectivity index (χ4v) is 1.75. The summed E-state index contributed by atoms with van der Waals surface area (Å²) in [5.41, 5.74) is -0.246. The van der Waals surface area contributed by atoms with Gasteiger partial charge in [-0.15, -0.1) is 0 Å². The highest BCUT2D eigenvalue weighted by atomic mass is 16.3. The van der Waals surface area contributed by atoms with Crippen LogP contribution < -0.4 is 0 Å². The molecule has 0 spiro atoms. The lowest BCUT2D eigenvalue weighted by Gasteiger charge is -2.28. The third-order valence-corrected chi connectivity index (χ3v) is 3.29. The van der Waals surface area contributed by atoms with Crippen LogP contribution in [0.2, 0.25) is 0 Å². The molecule has 0 aromatic rings. The van der Waals surface area contributed by atoms with Gasteiger partial charge in [0.25, 0.3) is 0 Å². The average Bonchev–Trinajstić information content (AvgIpc) is 2.64. The Morgan fingerprint density at radius 1 is 1.57 bits per heavy atom. The van der Waals surface area contributed by atoms with Crippen molar-refractivity contribution in [1.29, 1.82) is 0 Å². The van der Waals surface area contributed by atoms with Gasteiger partial charge in [-0.1, -0.05) is 20.8 Å². The van der Waals surface area contributed by atoms with Crippen molar-refractivity contribution in [3.05, 3.63) is 0 Å². The lowest BCUT2D eigenvalue weighted by Crippen LogP contribution is -2.39. The fraction of sp³-hybridized carbons (Fsp3) is 0.909. The van der Waals surface area contributed by atoms with Crippen molar-refractivity contribution < 1.29 is 9.90 Å². The van der Waals surface area contributed by atoms with Gasteiger partial charge in [-0.2, -0.15) is 0 Å². The first-order valence-corrected chi connectivity index (χ1v) is 5.41. The Morgan fingerprint density at radius 3 is 2.64 bits per heavy atom. The Balaban J connectivity index is 2.55.